The fourth-order valence-corrected chi connectivity index (χ4v) is 1.68. The quantitative estimate of drug-likeness (QED) is 0.624. The van der Waals surface area contributed by atoms with Crippen molar-refractivity contribution in [1.82, 2.24) is 0 Å². The summed E-state index contributed by atoms with van der Waals surface area (Å²) in [7, 11) is 4.53. The number of carboxylic acid groups (broad SMARTS) is 1. The van der Waals surface area contributed by atoms with Gasteiger partial charge in [-0.2, -0.15) is 27.8 Å². The standard InChI is InChI=1S/C10H15.C5H11NO2.ClH.Rh/c1-6-7(2)9(4)10(5)8(6)3;1-3(2)4(6)5(7)8;;/h1-5H3;3-4H,6H2,1-2H3,(H,7,8);1H;/q-1;;;+3/p-2/t;4-;;/m.0../s1. The van der Waals surface area contributed by atoms with Crippen LogP contribution in [0.4, 0.5) is 0 Å². The molecule has 1 rings (SSSR count). The van der Waals surface area contributed by atoms with E-state index >= 15 is 0 Å². The van der Waals surface area contributed by atoms with Crippen LogP contribution in [0, 0.1) is 40.5 Å². The summed E-state index contributed by atoms with van der Waals surface area (Å²) < 4.78 is 0. The second-order valence-electron chi connectivity index (χ2n) is 5.21. The van der Waals surface area contributed by atoms with E-state index in [4.69, 9.17) is 5.73 Å². The molecule has 0 unspecified atom stereocenters. The minimum atomic E-state index is -1.18. The molecular formula is C15H25ClNO2Rh. The predicted molar refractivity (Wildman–Crippen MR) is 79.4 cm³/mol. The van der Waals surface area contributed by atoms with E-state index in [1.165, 1.54) is 27.8 Å². The van der Waals surface area contributed by atoms with Crippen LogP contribution in [0.25, 0.3) is 0 Å². The normalized spacial score (nSPS) is 11.2. The minimum absolute atomic E-state index is 0.0417. The van der Waals surface area contributed by atoms with Gasteiger partial charge in [0.15, 0.2) is 0 Å². The van der Waals surface area contributed by atoms with Gasteiger partial charge in [-0.1, -0.05) is 48.5 Å². The van der Waals surface area contributed by atoms with Crippen molar-refractivity contribution in [2.45, 2.75) is 54.5 Å². The summed E-state index contributed by atoms with van der Waals surface area (Å²) >= 11 is 2.02. The summed E-state index contributed by atoms with van der Waals surface area (Å²) in [5, 5.41) is 9.90. The molecule has 0 aliphatic heterocycles. The molecule has 1 aromatic carbocycles. The molecule has 0 saturated carbocycles. The molecule has 0 aromatic heterocycles. The molecule has 1 atom stereocenters. The van der Waals surface area contributed by atoms with Crippen LogP contribution in [0.15, 0.2) is 0 Å². The summed E-state index contributed by atoms with van der Waals surface area (Å²) in [5.41, 5.74) is 12.4. The topological polar surface area (TPSA) is 66.2 Å². The average molecular weight is 390 g/mol. The summed E-state index contributed by atoms with van der Waals surface area (Å²) in [4.78, 5) is 9.90. The number of nitrogens with two attached hydrogens (primary N) is 1. The van der Waals surface area contributed by atoms with Crippen LogP contribution in [0.1, 0.15) is 41.7 Å². The number of hydrogen-bond donors (Lipinski definition) is 1. The fraction of sp³-hybridized carbons (Fsp3) is 0.600. The number of halogens is 1. The number of carboxylic acids is 1. The van der Waals surface area contributed by atoms with Crippen LogP contribution in [0.5, 0.6) is 0 Å². The van der Waals surface area contributed by atoms with Gasteiger partial charge in [0.1, 0.15) is 0 Å². The van der Waals surface area contributed by atoms with Gasteiger partial charge in [-0.25, -0.2) is 0 Å². The Balaban J connectivity index is 0. The number of rotatable bonds is 2. The third-order valence-electron chi connectivity index (χ3n) is 3.80. The van der Waals surface area contributed by atoms with Crippen molar-refractivity contribution in [1.29, 1.82) is 0 Å². The summed E-state index contributed by atoms with van der Waals surface area (Å²) in [6.07, 6.45) is 0. The molecule has 0 fully saturated rings. The molecule has 3 nitrogen and oxygen atoms in total. The predicted octanol–water partition coefficient (Wildman–Crippen LogP) is 2.35. The zero-order valence-electron chi connectivity index (χ0n) is 13.3. The van der Waals surface area contributed by atoms with Crippen LogP contribution >= 0.6 is 9.69 Å². The molecule has 118 valence electrons. The Morgan fingerprint density at radius 1 is 1.15 bits per heavy atom. The van der Waals surface area contributed by atoms with Gasteiger partial charge in [0, 0.05) is 6.04 Å². The monoisotopic (exact) mass is 389 g/mol. The van der Waals surface area contributed by atoms with Crippen molar-refractivity contribution in [2.75, 3.05) is 0 Å². The summed E-state index contributed by atoms with van der Waals surface area (Å²) in [6.45, 7) is 14.5. The number of carbonyl (C=O) groups excluding carboxylic acids is 1. The molecule has 2 N–H and O–H groups in total. The van der Waals surface area contributed by atoms with E-state index in [2.05, 4.69) is 44.3 Å². The van der Waals surface area contributed by atoms with Crippen LogP contribution < -0.4 is 10.8 Å². The Hall–Kier alpha value is -0.307. The average Bonchev–Trinajstić information content (AvgIpc) is 2.59. The van der Waals surface area contributed by atoms with E-state index in [9.17, 15) is 9.90 Å². The first-order chi connectivity index (χ1) is 9.11. The maximum atomic E-state index is 9.90. The Morgan fingerprint density at radius 2 is 1.45 bits per heavy atom. The van der Waals surface area contributed by atoms with E-state index in [0.29, 0.717) is 0 Å². The number of hydrogen-bond acceptors (Lipinski definition) is 3. The molecule has 0 spiro atoms. The molecule has 0 aliphatic carbocycles. The van der Waals surface area contributed by atoms with Gasteiger partial charge in [-0.15, -0.1) is 0 Å². The molecule has 1 aromatic rings. The third-order valence-corrected chi connectivity index (χ3v) is 3.80. The van der Waals surface area contributed by atoms with Gasteiger partial charge in [0.2, 0.25) is 0 Å². The molecule has 0 radical (unpaired) electrons. The summed E-state index contributed by atoms with van der Waals surface area (Å²) in [5.74, 6) is -1.22. The van der Waals surface area contributed by atoms with Gasteiger partial charge in [0.05, 0.1) is 5.97 Å². The van der Waals surface area contributed by atoms with Crippen molar-refractivity contribution in [3.05, 3.63) is 27.8 Å². The number of aliphatic carboxylic acids is 1. The number of carbonyl (C=O) groups is 1. The van der Waals surface area contributed by atoms with E-state index in [1.807, 2.05) is 17.3 Å². The van der Waals surface area contributed by atoms with Gasteiger partial charge in [0.25, 0.3) is 0 Å². The Bertz CT molecular complexity index is 348. The van der Waals surface area contributed by atoms with Crippen molar-refractivity contribution < 1.29 is 27.2 Å². The zero-order chi connectivity index (χ0) is 16.6. The second kappa shape index (κ2) is 10.4. The molecular weight excluding hydrogens is 365 g/mol. The Labute approximate surface area is 137 Å². The first kappa shape index (κ1) is 22.0. The van der Waals surface area contributed by atoms with Crippen molar-refractivity contribution in [2.24, 2.45) is 11.7 Å². The first-order valence-electron chi connectivity index (χ1n) is 6.39. The van der Waals surface area contributed by atoms with Crippen LogP contribution in [0.2, 0.25) is 0 Å². The van der Waals surface area contributed by atoms with Crippen LogP contribution in [-0.2, 0) is 22.1 Å². The Morgan fingerprint density at radius 3 is 1.50 bits per heavy atom. The fourth-order valence-electron chi connectivity index (χ4n) is 1.68. The molecule has 0 amide bonds. The van der Waals surface area contributed by atoms with Gasteiger partial charge in [-0.3, -0.25) is 0 Å². The van der Waals surface area contributed by atoms with Crippen molar-refractivity contribution >= 4 is 15.7 Å². The second-order valence-corrected chi connectivity index (χ2v) is 5.21. The van der Waals surface area contributed by atoms with E-state index in [0.717, 1.165) is 0 Å². The first-order valence-corrected chi connectivity index (χ1v) is 8.50. The van der Waals surface area contributed by atoms with Crippen molar-refractivity contribution in [3.8, 4) is 0 Å². The molecule has 0 saturated heterocycles. The van der Waals surface area contributed by atoms with Gasteiger partial charge >= 0.3 is 27.0 Å². The molecule has 0 aliphatic rings. The van der Waals surface area contributed by atoms with E-state index < -0.39 is 12.0 Å². The Kier molecular flexibility index (Phi) is 11.5. The van der Waals surface area contributed by atoms with E-state index in [-0.39, 0.29) is 5.92 Å². The van der Waals surface area contributed by atoms with Crippen LogP contribution in [-0.4, -0.2) is 12.0 Å². The van der Waals surface area contributed by atoms with Gasteiger partial charge in [-0.05, 0) is 5.92 Å². The molecule has 5 heteroatoms. The molecule has 0 heterocycles. The maximum absolute atomic E-state index is 9.90. The summed E-state index contributed by atoms with van der Waals surface area (Å²) in [6, 6.07) is -0.824. The van der Waals surface area contributed by atoms with Gasteiger partial charge < -0.3 is 15.6 Å². The zero-order valence-corrected chi connectivity index (χ0v) is 15.7. The SMILES string of the molecule is CC(C)[C@H](N)C(=O)[O-].Cc1c(C)c(C)[c-](C)c1C.[Cl][Rh+2]. The van der Waals surface area contributed by atoms with E-state index in [1.54, 1.807) is 13.8 Å². The van der Waals surface area contributed by atoms with Crippen LogP contribution in [0.3, 0.4) is 0 Å². The molecule has 0 bridgehead atoms. The van der Waals surface area contributed by atoms with Crippen molar-refractivity contribution in [3.63, 3.8) is 0 Å². The molecule has 20 heavy (non-hydrogen) atoms. The third kappa shape index (κ3) is 6.43.